The van der Waals surface area contributed by atoms with Crippen molar-refractivity contribution < 1.29 is 32.2 Å². The lowest BCUT2D eigenvalue weighted by Crippen LogP contribution is -2.42. The predicted molar refractivity (Wildman–Crippen MR) is 151 cm³/mol. The minimum atomic E-state index is -4.39. The highest BCUT2D eigenvalue weighted by Crippen LogP contribution is 2.31. The zero-order valence-corrected chi connectivity index (χ0v) is 23.3. The number of alkyl halides is 3. The highest BCUT2D eigenvalue weighted by Gasteiger charge is 2.31. The summed E-state index contributed by atoms with van der Waals surface area (Å²) in [6.07, 6.45) is 0.872. The molecule has 1 aliphatic carbocycles. The van der Waals surface area contributed by atoms with Crippen molar-refractivity contribution in [1.82, 2.24) is 15.2 Å². The van der Waals surface area contributed by atoms with Crippen molar-refractivity contribution in [3.8, 4) is 17.6 Å². The summed E-state index contributed by atoms with van der Waals surface area (Å²) in [4.78, 5) is 31.8. The average molecular weight is 593 g/mol. The summed E-state index contributed by atoms with van der Waals surface area (Å²) in [6.45, 7) is 1.07. The summed E-state index contributed by atoms with van der Waals surface area (Å²) in [5.41, 5.74) is 0.474. The van der Waals surface area contributed by atoms with Crippen molar-refractivity contribution in [3.05, 3.63) is 89.2 Å². The molecule has 2 heterocycles. The molecule has 224 valence electrons. The molecule has 0 atom stereocenters. The van der Waals surface area contributed by atoms with Gasteiger partial charge in [-0.1, -0.05) is 0 Å². The van der Waals surface area contributed by atoms with Crippen molar-refractivity contribution >= 4 is 11.8 Å². The lowest BCUT2D eigenvalue weighted by atomic mass is 9.92. The highest BCUT2D eigenvalue weighted by molar-refractivity contribution is 5.96. The number of rotatable bonds is 7. The topological polar surface area (TPSA) is 105 Å². The Morgan fingerprint density at radius 1 is 0.837 bits per heavy atom. The van der Waals surface area contributed by atoms with Gasteiger partial charge >= 0.3 is 6.18 Å². The van der Waals surface area contributed by atoms with Gasteiger partial charge in [0.15, 0.2) is 0 Å². The van der Waals surface area contributed by atoms with Gasteiger partial charge in [-0.05, 0) is 86.3 Å². The Morgan fingerprint density at radius 3 is 1.95 bits per heavy atom. The fourth-order valence-corrected chi connectivity index (χ4v) is 5.31. The van der Waals surface area contributed by atoms with Gasteiger partial charge in [-0.15, -0.1) is 0 Å². The SMILES string of the molecule is N#Cc1ccc(OC2CCN(C(=O)c3ccc(C(=O)N[C@H]4CC[C@@H](Oc5ccc(C(F)(F)F)cc5)CC4)nc3)CC2)cc1. The Hall–Kier alpha value is -4.59. The number of carbonyl (C=O) groups is 2. The van der Waals surface area contributed by atoms with E-state index < -0.39 is 11.7 Å². The van der Waals surface area contributed by atoms with Crippen LogP contribution in [-0.2, 0) is 6.18 Å². The molecule has 2 aliphatic rings. The van der Waals surface area contributed by atoms with E-state index >= 15 is 0 Å². The molecule has 1 aromatic heterocycles. The fraction of sp³-hybridized carbons (Fsp3) is 0.375. The Balaban J connectivity index is 1.04. The first-order valence-electron chi connectivity index (χ1n) is 14.2. The van der Waals surface area contributed by atoms with Crippen LogP contribution in [0, 0.1) is 11.3 Å². The molecule has 2 aromatic carbocycles. The van der Waals surface area contributed by atoms with Crippen molar-refractivity contribution in [2.75, 3.05) is 13.1 Å². The Morgan fingerprint density at radius 2 is 1.42 bits per heavy atom. The van der Waals surface area contributed by atoms with E-state index in [1.807, 2.05) is 0 Å². The van der Waals surface area contributed by atoms with Gasteiger partial charge in [-0.25, -0.2) is 0 Å². The highest BCUT2D eigenvalue weighted by atomic mass is 19.4. The number of nitriles is 1. The second-order valence-corrected chi connectivity index (χ2v) is 10.8. The first kappa shape index (κ1) is 29.9. The van der Waals surface area contributed by atoms with Crippen LogP contribution in [0.1, 0.15) is 70.5 Å². The summed E-state index contributed by atoms with van der Waals surface area (Å²) < 4.78 is 50.1. The first-order chi connectivity index (χ1) is 20.7. The molecule has 0 spiro atoms. The molecule has 0 radical (unpaired) electrons. The third-order valence-electron chi connectivity index (χ3n) is 7.75. The van der Waals surface area contributed by atoms with Crippen LogP contribution in [0.4, 0.5) is 13.2 Å². The molecule has 2 amide bonds. The van der Waals surface area contributed by atoms with Crippen molar-refractivity contribution in [2.24, 2.45) is 0 Å². The third kappa shape index (κ3) is 7.83. The van der Waals surface area contributed by atoms with Gasteiger partial charge in [0.1, 0.15) is 23.3 Å². The first-order valence-corrected chi connectivity index (χ1v) is 14.2. The van der Waals surface area contributed by atoms with E-state index in [4.69, 9.17) is 14.7 Å². The van der Waals surface area contributed by atoms with Crippen LogP contribution in [0.5, 0.6) is 11.5 Å². The van der Waals surface area contributed by atoms with Gasteiger partial charge in [-0.3, -0.25) is 14.6 Å². The smallest absolute Gasteiger partial charge is 0.416 e. The number of halogens is 3. The number of nitrogens with one attached hydrogen (secondary N) is 1. The molecule has 2 fully saturated rings. The predicted octanol–water partition coefficient (Wildman–Crippen LogP) is 5.78. The zero-order chi connectivity index (χ0) is 30.4. The van der Waals surface area contributed by atoms with Crippen LogP contribution >= 0.6 is 0 Å². The molecule has 8 nitrogen and oxygen atoms in total. The number of ether oxygens (including phenoxy) is 2. The number of aromatic nitrogens is 1. The summed E-state index contributed by atoms with van der Waals surface area (Å²) in [6, 6.07) is 16.8. The minimum absolute atomic E-state index is 0.0207. The van der Waals surface area contributed by atoms with Crippen LogP contribution in [0.2, 0.25) is 0 Å². The molecular weight excluding hydrogens is 561 g/mol. The molecule has 3 aromatic rings. The quantitative estimate of drug-likeness (QED) is 0.373. The van der Waals surface area contributed by atoms with Crippen molar-refractivity contribution in [1.29, 1.82) is 5.26 Å². The molecule has 5 rings (SSSR count). The number of piperidine rings is 1. The number of carbonyl (C=O) groups excluding carboxylic acids is 2. The molecule has 1 saturated carbocycles. The van der Waals surface area contributed by atoms with Crippen LogP contribution < -0.4 is 14.8 Å². The molecular formula is C32H31F3N4O4. The molecule has 1 aliphatic heterocycles. The van der Waals surface area contributed by atoms with E-state index in [9.17, 15) is 22.8 Å². The summed E-state index contributed by atoms with van der Waals surface area (Å²) in [5, 5.41) is 11.9. The molecule has 0 unspecified atom stereocenters. The zero-order valence-electron chi connectivity index (χ0n) is 23.3. The van der Waals surface area contributed by atoms with Crippen LogP contribution in [0.3, 0.4) is 0 Å². The average Bonchev–Trinajstić information content (AvgIpc) is 3.02. The van der Waals surface area contributed by atoms with Crippen molar-refractivity contribution in [3.63, 3.8) is 0 Å². The normalized spacial score (nSPS) is 19.3. The molecule has 0 bridgehead atoms. The van der Waals surface area contributed by atoms with E-state index in [-0.39, 0.29) is 35.8 Å². The molecule has 43 heavy (non-hydrogen) atoms. The maximum absolute atomic E-state index is 13.0. The molecule has 1 saturated heterocycles. The number of benzene rings is 2. The summed E-state index contributed by atoms with van der Waals surface area (Å²) >= 11 is 0. The van der Waals surface area contributed by atoms with Gasteiger partial charge < -0.3 is 19.7 Å². The monoisotopic (exact) mass is 592 g/mol. The van der Waals surface area contributed by atoms with E-state index in [1.165, 1.54) is 18.3 Å². The van der Waals surface area contributed by atoms with Crippen molar-refractivity contribution in [2.45, 2.75) is 63.0 Å². The Bertz CT molecular complexity index is 1440. The number of likely N-dealkylation sites (tertiary alicyclic amines) is 1. The minimum Gasteiger partial charge on any atom is -0.490 e. The fourth-order valence-electron chi connectivity index (χ4n) is 5.31. The maximum Gasteiger partial charge on any atom is 0.416 e. The van der Waals surface area contributed by atoms with Crippen LogP contribution in [0.15, 0.2) is 66.9 Å². The Labute approximate surface area is 247 Å². The third-order valence-corrected chi connectivity index (χ3v) is 7.75. The number of amides is 2. The van der Waals surface area contributed by atoms with E-state index in [1.54, 1.807) is 41.3 Å². The molecule has 1 N–H and O–H groups in total. The van der Waals surface area contributed by atoms with Gasteiger partial charge in [-0.2, -0.15) is 18.4 Å². The van der Waals surface area contributed by atoms with E-state index in [0.29, 0.717) is 74.2 Å². The van der Waals surface area contributed by atoms with Gasteiger partial charge in [0.2, 0.25) is 0 Å². The van der Waals surface area contributed by atoms with Crippen LogP contribution in [0.25, 0.3) is 0 Å². The molecule has 11 heteroatoms. The Kier molecular flexibility index (Phi) is 9.14. The van der Waals surface area contributed by atoms with Gasteiger partial charge in [0.05, 0.1) is 28.9 Å². The summed E-state index contributed by atoms with van der Waals surface area (Å²) in [7, 11) is 0. The maximum atomic E-state index is 13.0. The number of hydrogen-bond acceptors (Lipinski definition) is 6. The largest absolute Gasteiger partial charge is 0.490 e. The van der Waals surface area contributed by atoms with Gasteiger partial charge in [0, 0.05) is 38.2 Å². The number of hydrogen-bond donors (Lipinski definition) is 1. The number of pyridine rings is 1. The lowest BCUT2D eigenvalue weighted by Gasteiger charge is -2.32. The van der Waals surface area contributed by atoms with E-state index in [0.717, 1.165) is 12.1 Å². The van der Waals surface area contributed by atoms with Gasteiger partial charge in [0.25, 0.3) is 11.8 Å². The number of nitrogens with zero attached hydrogens (tertiary/aromatic N) is 3. The van der Waals surface area contributed by atoms with E-state index in [2.05, 4.69) is 16.4 Å². The van der Waals surface area contributed by atoms with Crippen LogP contribution in [-0.4, -0.2) is 53.0 Å². The second kappa shape index (κ2) is 13.2. The second-order valence-electron chi connectivity index (χ2n) is 10.8. The summed E-state index contributed by atoms with van der Waals surface area (Å²) in [5.74, 6) is 0.607. The standard InChI is InChI=1S/C32H31F3N4O4/c33-32(34,35)23-4-10-26(11-5-23)42-27-12-6-24(7-13-27)38-30(40)29-14-3-22(20-37-29)31(41)39-17-15-28(16-18-39)43-25-8-1-21(19-36)2-9-25/h1-5,8-11,14,20,24,27-28H,6-7,12-13,15-18H2,(H,38,40)/t24-,27+. The lowest BCUT2D eigenvalue weighted by molar-refractivity contribution is -0.137.